The lowest BCUT2D eigenvalue weighted by Crippen LogP contribution is -1.98. The maximum Gasteiger partial charge on any atom is 0.0865 e. The van der Waals surface area contributed by atoms with Crippen LogP contribution in [0.15, 0.2) is 28.0 Å². The first-order valence-corrected chi connectivity index (χ1v) is 5.04. The Morgan fingerprint density at radius 1 is 1.17 bits per heavy atom. The standard InChI is InChI=1S/C8H7O2S2/c1-2-4-8-7(3-1)11-9-5-6-10-12-8/h1,3-4H,5-6H2. The topological polar surface area (TPSA) is 18.5 Å². The predicted molar refractivity (Wildman–Crippen MR) is 48.9 cm³/mol. The molecule has 2 rings (SSSR count). The Balaban J connectivity index is 2.24. The number of fused-ring (bicyclic) bond motifs is 1. The summed E-state index contributed by atoms with van der Waals surface area (Å²) < 4.78 is 10.5. The molecule has 0 atom stereocenters. The van der Waals surface area contributed by atoms with Gasteiger partial charge in [-0.1, -0.05) is 6.07 Å². The summed E-state index contributed by atoms with van der Waals surface area (Å²) in [6.07, 6.45) is 0. The molecule has 0 spiro atoms. The van der Waals surface area contributed by atoms with Gasteiger partial charge in [-0.15, -0.1) is 0 Å². The Morgan fingerprint density at radius 2 is 1.92 bits per heavy atom. The van der Waals surface area contributed by atoms with Crippen LogP contribution in [0, 0.1) is 6.07 Å². The van der Waals surface area contributed by atoms with Gasteiger partial charge < -0.3 is 8.37 Å². The molecule has 0 aliphatic carbocycles. The maximum absolute atomic E-state index is 5.27. The predicted octanol–water partition coefficient (Wildman–Crippen LogP) is 2.55. The fourth-order valence-corrected chi connectivity index (χ4v) is 2.10. The second-order valence-corrected chi connectivity index (χ2v) is 3.87. The number of benzene rings is 1. The van der Waals surface area contributed by atoms with Gasteiger partial charge in [0.05, 0.1) is 23.0 Å². The van der Waals surface area contributed by atoms with Crippen LogP contribution in [-0.2, 0) is 8.37 Å². The van der Waals surface area contributed by atoms with Gasteiger partial charge in [-0.3, -0.25) is 0 Å². The van der Waals surface area contributed by atoms with E-state index in [1.807, 2.05) is 18.2 Å². The van der Waals surface area contributed by atoms with Crippen LogP contribution in [0.1, 0.15) is 0 Å². The summed E-state index contributed by atoms with van der Waals surface area (Å²) >= 11 is 2.79. The smallest absolute Gasteiger partial charge is 0.0865 e. The van der Waals surface area contributed by atoms with Gasteiger partial charge in [0.2, 0.25) is 0 Å². The summed E-state index contributed by atoms with van der Waals surface area (Å²) in [6, 6.07) is 8.75. The zero-order valence-electron chi connectivity index (χ0n) is 6.28. The highest BCUT2D eigenvalue weighted by molar-refractivity contribution is 7.97. The zero-order valence-corrected chi connectivity index (χ0v) is 7.91. The quantitative estimate of drug-likeness (QED) is 0.597. The third-order valence-corrected chi connectivity index (χ3v) is 3.09. The fraction of sp³-hybridized carbons (Fsp3) is 0.250. The zero-order chi connectivity index (χ0) is 8.23. The third kappa shape index (κ3) is 1.95. The molecule has 0 aromatic heterocycles. The van der Waals surface area contributed by atoms with Crippen molar-refractivity contribution < 1.29 is 8.37 Å². The second kappa shape index (κ2) is 4.18. The first-order valence-electron chi connectivity index (χ1n) is 3.56. The minimum absolute atomic E-state index is 0.631. The highest BCUT2D eigenvalue weighted by atomic mass is 32.2. The van der Waals surface area contributed by atoms with Crippen molar-refractivity contribution in [1.82, 2.24) is 0 Å². The van der Waals surface area contributed by atoms with Crippen LogP contribution in [0.3, 0.4) is 0 Å². The molecule has 1 heterocycles. The second-order valence-electron chi connectivity index (χ2n) is 2.18. The van der Waals surface area contributed by atoms with Gasteiger partial charge in [0.1, 0.15) is 0 Å². The van der Waals surface area contributed by atoms with Gasteiger partial charge in [0.25, 0.3) is 0 Å². The van der Waals surface area contributed by atoms with E-state index in [2.05, 4.69) is 6.07 Å². The van der Waals surface area contributed by atoms with Gasteiger partial charge in [-0.2, -0.15) is 0 Å². The first kappa shape index (κ1) is 8.44. The summed E-state index contributed by atoms with van der Waals surface area (Å²) in [4.78, 5) is 2.17. The van der Waals surface area contributed by atoms with Crippen LogP contribution in [0.5, 0.6) is 0 Å². The number of rotatable bonds is 0. The number of hydrogen-bond acceptors (Lipinski definition) is 4. The molecule has 1 aliphatic heterocycles. The molecule has 0 saturated carbocycles. The first-order chi connectivity index (χ1) is 5.97. The third-order valence-electron chi connectivity index (χ3n) is 1.34. The Labute approximate surface area is 80.0 Å². The molecule has 1 radical (unpaired) electrons. The molecule has 4 heteroatoms. The van der Waals surface area contributed by atoms with E-state index in [4.69, 9.17) is 8.37 Å². The van der Waals surface area contributed by atoms with Gasteiger partial charge in [0.15, 0.2) is 0 Å². The summed E-state index contributed by atoms with van der Waals surface area (Å²) in [5, 5.41) is 0. The summed E-state index contributed by atoms with van der Waals surface area (Å²) in [6.45, 7) is 1.27. The Kier molecular flexibility index (Phi) is 2.94. The van der Waals surface area contributed by atoms with E-state index in [9.17, 15) is 0 Å². The number of hydrogen-bond donors (Lipinski definition) is 0. The highest BCUT2D eigenvalue weighted by Crippen LogP contribution is 2.33. The average Bonchev–Trinajstić information content (AvgIpc) is 2.06. The lowest BCUT2D eigenvalue weighted by atomic mass is 10.4. The van der Waals surface area contributed by atoms with E-state index in [-0.39, 0.29) is 0 Å². The molecule has 0 fully saturated rings. The van der Waals surface area contributed by atoms with Crippen molar-refractivity contribution in [1.29, 1.82) is 0 Å². The lowest BCUT2D eigenvalue weighted by molar-refractivity contribution is 0.263. The molecule has 0 amide bonds. The molecule has 12 heavy (non-hydrogen) atoms. The molecular formula is C8H7O2S2. The molecule has 1 aromatic carbocycles. The van der Waals surface area contributed by atoms with Gasteiger partial charge in [-0.25, -0.2) is 0 Å². The molecular weight excluding hydrogens is 192 g/mol. The van der Waals surface area contributed by atoms with Crippen LogP contribution >= 0.6 is 24.1 Å². The van der Waals surface area contributed by atoms with Crippen molar-refractivity contribution in [3.63, 3.8) is 0 Å². The van der Waals surface area contributed by atoms with Crippen molar-refractivity contribution in [3.8, 4) is 0 Å². The maximum atomic E-state index is 5.27. The molecule has 63 valence electrons. The Bertz CT molecular complexity index is 238. The largest absolute Gasteiger partial charge is 0.308 e. The fourth-order valence-electron chi connectivity index (χ4n) is 0.813. The van der Waals surface area contributed by atoms with Crippen LogP contribution in [0.4, 0.5) is 0 Å². The summed E-state index contributed by atoms with van der Waals surface area (Å²) in [7, 11) is 0. The van der Waals surface area contributed by atoms with Crippen molar-refractivity contribution in [2.45, 2.75) is 9.79 Å². The van der Waals surface area contributed by atoms with Crippen molar-refractivity contribution in [2.24, 2.45) is 0 Å². The SMILES string of the molecule is [c]1ccc2c(c1)SOCCOS2. The van der Waals surface area contributed by atoms with Gasteiger partial charge in [-0.05, 0) is 18.2 Å². The summed E-state index contributed by atoms with van der Waals surface area (Å²) in [5.41, 5.74) is 0. The van der Waals surface area contributed by atoms with E-state index < -0.39 is 0 Å². The Hall–Kier alpha value is -0.160. The average molecular weight is 199 g/mol. The van der Waals surface area contributed by atoms with E-state index in [1.54, 1.807) is 0 Å². The van der Waals surface area contributed by atoms with Gasteiger partial charge in [0, 0.05) is 24.1 Å². The monoisotopic (exact) mass is 199 g/mol. The van der Waals surface area contributed by atoms with Crippen molar-refractivity contribution >= 4 is 24.1 Å². The molecule has 0 unspecified atom stereocenters. The van der Waals surface area contributed by atoms with Crippen molar-refractivity contribution in [3.05, 3.63) is 24.3 Å². The lowest BCUT2D eigenvalue weighted by Gasteiger charge is -2.11. The molecule has 0 saturated heterocycles. The molecule has 0 N–H and O–H groups in total. The van der Waals surface area contributed by atoms with E-state index >= 15 is 0 Å². The molecule has 1 aliphatic rings. The van der Waals surface area contributed by atoms with Crippen LogP contribution in [0.25, 0.3) is 0 Å². The molecule has 0 bridgehead atoms. The normalized spacial score (nSPS) is 17.7. The molecule has 2 nitrogen and oxygen atoms in total. The van der Waals surface area contributed by atoms with E-state index in [0.29, 0.717) is 13.2 Å². The van der Waals surface area contributed by atoms with Gasteiger partial charge >= 0.3 is 0 Å². The highest BCUT2D eigenvalue weighted by Gasteiger charge is 2.07. The van der Waals surface area contributed by atoms with Crippen molar-refractivity contribution in [2.75, 3.05) is 13.2 Å². The van der Waals surface area contributed by atoms with Crippen LogP contribution < -0.4 is 0 Å². The minimum Gasteiger partial charge on any atom is -0.308 e. The molecule has 1 aromatic rings. The minimum atomic E-state index is 0.631. The van der Waals surface area contributed by atoms with Crippen LogP contribution in [-0.4, -0.2) is 13.2 Å². The van der Waals surface area contributed by atoms with E-state index in [0.717, 1.165) is 9.79 Å². The van der Waals surface area contributed by atoms with Crippen LogP contribution in [0.2, 0.25) is 0 Å². The summed E-state index contributed by atoms with van der Waals surface area (Å²) in [5.74, 6) is 0. The van der Waals surface area contributed by atoms with E-state index in [1.165, 1.54) is 24.1 Å². The Morgan fingerprint density at radius 3 is 2.75 bits per heavy atom.